The van der Waals surface area contributed by atoms with E-state index < -0.39 is 13.9 Å². The van der Waals surface area contributed by atoms with E-state index in [2.05, 4.69) is 39.2 Å². The molecule has 0 aromatic rings. The maximum absolute atomic E-state index is 11.4. The fourth-order valence-electron chi connectivity index (χ4n) is 1.21. The van der Waals surface area contributed by atoms with Crippen molar-refractivity contribution in [2.45, 2.75) is 65.3 Å². The molecule has 0 saturated heterocycles. The van der Waals surface area contributed by atoms with Crippen molar-refractivity contribution >= 4 is 26.2 Å². The molecule has 0 atom stereocenters. The van der Waals surface area contributed by atoms with E-state index in [0.29, 0.717) is 6.54 Å². The number of hydrogen-bond acceptors (Lipinski definition) is 4. The zero-order chi connectivity index (χ0) is 16.7. The lowest BCUT2D eigenvalue weighted by Gasteiger charge is -2.36. The largest absolute Gasteiger partial charge is 0.444 e. The van der Waals surface area contributed by atoms with Crippen molar-refractivity contribution in [2.24, 2.45) is 0 Å². The van der Waals surface area contributed by atoms with Crippen LogP contribution in [0.25, 0.3) is 0 Å². The first-order valence-corrected chi connectivity index (χ1v) is 11.6. The van der Waals surface area contributed by atoms with Crippen molar-refractivity contribution in [2.75, 3.05) is 24.7 Å². The number of hydrogen-bond donors (Lipinski definition) is 1. The van der Waals surface area contributed by atoms with Crippen LogP contribution in [0.2, 0.25) is 18.1 Å². The number of alkyl carbamates (subject to hydrolysis) is 1. The fraction of sp³-hybridized carbons (Fsp3) is 0.933. The summed E-state index contributed by atoms with van der Waals surface area (Å²) in [6.07, 6.45) is -0.347. The van der Waals surface area contributed by atoms with E-state index in [-0.39, 0.29) is 11.1 Å². The van der Waals surface area contributed by atoms with Crippen LogP contribution in [0.4, 0.5) is 4.79 Å². The molecule has 1 N–H and O–H groups in total. The molecule has 0 spiro atoms. The van der Waals surface area contributed by atoms with Crippen LogP contribution in [0.5, 0.6) is 0 Å². The monoisotopic (exact) mass is 335 g/mol. The third-order valence-electron chi connectivity index (χ3n) is 3.41. The van der Waals surface area contributed by atoms with E-state index in [1.54, 1.807) is 11.8 Å². The molecule has 0 saturated carbocycles. The molecule has 0 rings (SSSR count). The van der Waals surface area contributed by atoms with Crippen molar-refractivity contribution < 1.29 is 14.0 Å². The smallest absolute Gasteiger partial charge is 0.407 e. The summed E-state index contributed by atoms with van der Waals surface area (Å²) in [4.78, 5) is 11.4. The lowest BCUT2D eigenvalue weighted by molar-refractivity contribution is 0.0531. The Morgan fingerprint density at radius 2 is 1.67 bits per heavy atom. The van der Waals surface area contributed by atoms with Gasteiger partial charge in [0.15, 0.2) is 8.32 Å². The second-order valence-electron chi connectivity index (χ2n) is 7.65. The maximum atomic E-state index is 11.4. The fourth-order valence-corrected chi connectivity index (χ4v) is 3.06. The summed E-state index contributed by atoms with van der Waals surface area (Å²) < 4.78 is 11.3. The average molecular weight is 336 g/mol. The predicted molar refractivity (Wildman–Crippen MR) is 94.7 cm³/mol. The van der Waals surface area contributed by atoms with E-state index in [9.17, 15) is 4.79 Å². The Bertz CT molecular complexity index is 322. The molecule has 0 heterocycles. The minimum Gasteiger partial charge on any atom is -0.444 e. The van der Waals surface area contributed by atoms with Gasteiger partial charge in [-0.15, -0.1) is 0 Å². The van der Waals surface area contributed by atoms with Crippen LogP contribution in [0.15, 0.2) is 0 Å². The minimum absolute atomic E-state index is 0.260. The number of carbonyl (C=O) groups is 1. The first kappa shape index (κ1) is 20.8. The normalized spacial score (nSPS) is 13.1. The Morgan fingerprint density at radius 3 is 2.14 bits per heavy atom. The van der Waals surface area contributed by atoms with Crippen LogP contribution in [0, 0.1) is 0 Å². The number of amides is 1. The third-order valence-corrected chi connectivity index (χ3v) is 8.90. The van der Waals surface area contributed by atoms with Crippen LogP contribution in [-0.4, -0.2) is 44.7 Å². The van der Waals surface area contributed by atoms with Gasteiger partial charge in [-0.25, -0.2) is 4.79 Å². The summed E-state index contributed by atoms with van der Waals surface area (Å²) >= 11 is 1.79. The summed E-state index contributed by atoms with van der Waals surface area (Å²) in [6.45, 7) is 18.3. The number of ether oxygens (including phenoxy) is 1. The Kier molecular flexibility index (Phi) is 8.35. The van der Waals surface area contributed by atoms with Gasteiger partial charge in [-0.2, -0.15) is 11.8 Å². The molecule has 126 valence electrons. The van der Waals surface area contributed by atoms with Crippen molar-refractivity contribution in [3.63, 3.8) is 0 Å². The molecule has 0 aliphatic carbocycles. The van der Waals surface area contributed by atoms with Crippen LogP contribution in [0.3, 0.4) is 0 Å². The molecule has 0 bridgehead atoms. The number of thioether (sulfide) groups is 1. The van der Waals surface area contributed by atoms with Crippen LogP contribution in [0.1, 0.15) is 41.5 Å². The topological polar surface area (TPSA) is 47.6 Å². The van der Waals surface area contributed by atoms with Gasteiger partial charge in [0.05, 0.1) is 0 Å². The molecule has 0 aromatic heterocycles. The summed E-state index contributed by atoms with van der Waals surface area (Å²) in [5.74, 6) is 1.84. The van der Waals surface area contributed by atoms with E-state index in [1.165, 1.54) is 0 Å². The SMILES string of the molecule is CC(C)(C)OC(=O)NCCSCCO[Si](C)(C)C(C)(C)C. The third kappa shape index (κ3) is 10.2. The van der Waals surface area contributed by atoms with Crippen molar-refractivity contribution in [3.05, 3.63) is 0 Å². The van der Waals surface area contributed by atoms with Gasteiger partial charge in [0, 0.05) is 24.7 Å². The highest BCUT2D eigenvalue weighted by Gasteiger charge is 2.36. The van der Waals surface area contributed by atoms with Crippen molar-refractivity contribution in [1.82, 2.24) is 5.32 Å². The molecule has 0 radical (unpaired) electrons. The Hall–Kier alpha value is -0.203. The summed E-state index contributed by atoms with van der Waals surface area (Å²) in [5.41, 5.74) is -0.436. The lowest BCUT2D eigenvalue weighted by atomic mass is 10.2. The molecule has 1 amide bonds. The Balaban J connectivity index is 3.64. The van der Waals surface area contributed by atoms with E-state index in [4.69, 9.17) is 9.16 Å². The number of nitrogens with one attached hydrogen (secondary N) is 1. The number of rotatable bonds is 7. The highest BCUT2D eigenvalue weighted by molar-refractivity contribution is 7.99. The molecule has 0 fully saturated rings. The van der Waals surface area contributed by atoms with Crippen LogP contribution < -0.4 is 5.32 Å². The molecular formula is C15H33NO3SSi. The van der Waals surface area contributed by atoms with Gasteiger partial charge in [0.2, 0.25) is 0 Å². The first-order chi connectivity index (χ1) is 9.35. The molecule has 6 heteroatoms. The van der Waals surface area contributed by atoms with Gasteiger partial charge in [-0.3, -0.25) is 0 Å². The summed E-state index contributed by atoms with van der Waals surface area (Å²) in [5, 5.41) is 3.02. The molecule has 0 unspecified atom stereocenters. The Labute approximate surface area is 135 Å². The zero-order valence-electron chi connectivity index (χ0n) is 15.0. The summed E-state index contributed by atoms with van der Waals surface area (Å²) in [7, 11) is -1.62. The van der Waals surface area contributed by atoms with Crippen LogP contribution >= 0.6 is 11.8 Å². The van der Waals surface area contributed by atoms with E-state index in [0.717, 1.165) is 18.1 Å². The van der Waals surface area contributed by atoms with Crippen molar-refractivity contribution in [1.29, 1.82) is 0 Å². The van der Waals surface area contributed by atoms with Gasteiger partial charge < -0.3 is 14.5 Å². The lowest BCUT2D eigenvalue weighted by Crippen LogP contribution is -2.41. The molecule has 0 aliphatic rings. The quantitative estimate of drug-likeness (QED) is 0.557. The van der Waals surface area contributed by atoms with E-state index >= 15 is 0 Å². The van der Waals surface area contributed by atoms with Crippen LogP contribution in [-0.2, 0) is 9.16 Å². The second-order valence-corrected chi connectivity index (χ2v) is 13.7. The predicted octanol–water partition coefficient (Wildman–Crippen LogP) is 4.27. The molecule has 0 aliphatic heterocycles. The van der Waals surface area contributed by atoms with E-state index in [1.807, 2.05) is 20.8 Å². The second kappa shape index (κ2) is 8.43. The molecular weight excluding hydrogens is 302 g/mol. The maximum Gasteiger partial charge on any atom is 0.407 e. The molecule has 4 nitrogen and oxygen atoms in total. The molecule has 21 heavy (non-hydrogen) atoms. The average Bonchev–Trinajstić information content (AvgIpc) is 2.23. The van der Waals surface area contributed by atoms with Gasteiger partial charge in [-0.05, 0) is 38.9 Å². The Morgan fingerprint density at radius 1 is 1.10 bits per heavy atom. The zero-order valence-corrected chi connectivity index (χ0v) is 16.8. The number of carbonyl (C=O) groups excluding carboxylic acids is 1. The highest BCUT2D eigenvalue weighted by Crippen LogP contribution is 2.36. The minimum atomic E-state index is -1.62. The van der Waals surface area contributed by atoms with Gasteiger partial charge in [0.25, 0.3) is 0 Å². The molecule has 0 aromatic carbocycles. The van der Waals surface area contributed by atoms with Gasteiger partial charge in [0.1, 0.15) is 5.60 Å². The van der Waals surface area contributed by atoms with Crippen molar-refractivity contribution in [3.8, 4) is 0 Å². The first-order valence-electron chi connectivity index (χ1n) is 7.54. The van der Waals surface area contributed by atoms with Gasteiger partial charge in [-0.1, -0.05) is 20.8 Å². The summed E-state index contributed by atoms with van der Waals surface area (Å²) in [6, 6.07) is 0. The highest BCUT2D eigenvalue weighted by atomic mass is 32.2. The standard InChI is InChI=1S/C15H33NO3SSi/c1-14(2,3)19-13(17)16-9-11-20-12-10-18-21(7,8)15(4,5)6/h9-12H2,1-8H3,(H,16,17). The van der Waals surface area contributed by atoms with Gasteiger partial charge >= 0.3 is 6.09 Å².